The fourth-order valence-electron chi connectivity index (χ4n) is 2.98. The molecule has 3 nitrogen and oxygen atoms in total. The summed E-state index contributed by atoms with van der Waals surface area (Å²) in [5, 5.41) is 0. The van der Waals surface area contributed by atoms with Gasteiger partial charge in [0.2, 0.25) is 0 Å². The van der Waals surface area contributed by atoms with Crippen LogP contribution in [-0.4, -0.2) is 4.57 Å². The molecule has 3 heteroatoms. The number of nitrogens with zero attached hydrogens (tertiary/aromatic N) is 1. The molecule has 0 unspecified atom stereocenters. The van der Waals surface area contributed by atoms with Crippen LogP contribution in [0.2, 0.25) is 0 Å². The van der Waals surface area contributed by atoms with Gasteiger partial charge in [-0.05, 0) is 56.4 Å². The standard InChI is InChI=1S/C17H20N2O/c1-12-6-8-15(9-7-12)19-16-5-3-2-4-13(16)10-14(11-18)17(19)20/h6-10H,2-5,11,18H2,1H3. The van der Waals surface area contributed by atoms with Crippen LogP contribution >= 0.6 is 0 Å². The van der Waals surface area contributed by atoms with Gasteiger partial charge in [-0.2, -0.15) is 0 Å². The Morgan fingerprint density at radius 3 is 2.55 bits per heavy atom. The molecule has 1 aromatic heterocycles. The molecule has 0 saturated carbocycles. The minimum atomic E-state index is 0.0389. The average molecular weight is 268 g/mol. The van der Waals surface area contributed by atoms with E-state index in [9.17, 15) is 4.79 Å². The van der Waals surface area contributed by atoms with Crippen molar-refractivity contribution in [3.8, 4) is 5.69 Å². The van der Waals surface area contributed by atoms with Gasteiger partial charge in [0.1, 0.15) is 0 Å². The van der Waals surface area contributed by atoms with Gasteiger partial charge in [-0.15, -0.1) is 0 Å². The van der Waals surface area contributed by atoms with E-state index in [4.69, 9.17) is 5.73 Å². The van der Waals surface area contributed by atoms with Crippen LogP contribution in [0.3, 0.4) is 0 Å². The van der Waals surface area contributed by atoms with E-state index >= 15 is 0 Å². The molecule has 3 rings (SSSR count). The lowest BCUT2D eigenvalue weighted by atomic mass is 9.94. The van der Waals surface area contributed by atoms with Gasteiger partial charge in [0.05, 0.1) is 0 Å². The number of aryl methyl sites for hydroxylation is 2. The lowest BCUT2D eigenvalue weighted by Crippen LogP contribution is -2.29. The predicted molar refractivity (Wildman–Crippen MR) is 81.3 cm³/mol. The molecule has 0 radical (unpaired) electrons. The Hall–Kier alpha value is -1.87. The highest BCUT2D eigenvalue weighted by molar-refractivity contribution is 5.41. The van der Waals surface area contributed by atoms with Gasteiger partial charge < -0.3 is 5.73 Å². The zero-order valence-electron chi connectivity index (χ0n) is 11.9. The van der Waals surface area contributed by atoms with E-state index in [1.807, 2.05) is 34.9 Å². The number of nitrogens with two attached hydrogens (primary N) is 1. The lowest BCUT2D eigenvalue weighted by molar-refractivity contribution is 0.640. The first-order chi connectivity index (χ1) is 9.70. The number of aromatic nitrogens is 1. The summed E-state index contributed by atoms with van der Waals surface area (Å²) in [5.74, 6) is 0. The van der Waals surface area contributed by atoms with Crippen molar-refractivity contribution < 1.29 is 0 Å². The van der Waals surface area contributed by atoms with E-state index in [2.05, 4.69) is 6.92 Å². The summed E-state index contributed by atoms with van der Waals surface area (Å²) >= 11 is 0. The fourth-order valence-corrected chi connectivity index (χ4v) is 2.98. The highest BCUT2D eigenvalue weighted by atomic mass is 16.1. The monoisotopic (exact) mass is 268 g/mol. The van der Waals surface area contributed by atoms with E-state index in [-0.39, 0.29) is 5.56 Å². The molecule has 0 spiro atoms. The van der Waals surface area contributed by atoms with Crippen molar-refractivity contribution in [2.45, 2.75) is 39.2 Å². The summed E-state index contributed by atoms with van der Waals surface area (Å²) in [7, 11) is 0. The first-order valence-corrected chi connectivity index (χ1v) is 7.24. The van der Waals surface area contributed by atoms with Gasteiger partial charge in [0.25, 0.3) is 5.56 Å². The van der Waals surface area contributed by atoms with Crippen molar-refractivity contribution in [2.75, 3.05) is 0 Å². The molecule has 2 N–H and O–H groups in total. The van der Waals surface area contributed by atoms with Crippen LogP contribution in [0, 0.1) is 6.92 Å². The van der Waals surface area contributed by atoms with E-state index in [0.29, 0.717) is 12.1 Å². The van der Waals surface area contributed by atoms with Gasteiger partial charge >= 0.3 is 0 Å². The fraction of sp³-hybridized carbons (Fsp3) is 0.353. The molecule has 0 aliphatic heterocycles. The molecule has 0 fully saturated rings. The second-order valence-electron chi connectivity index (χ2n) is 5.53. The second-order valence-corrected chi connectivity index (χ2v) is 5.53. The zero-order valence-corrected chi connectivity index (χ0v) is 11.9. The normalized spacial score (nSPS) is 14.1. The summed E-state index contributed by atoms with van der Waals surface area (Å²) in [4.78, 5) is 12.6. The molecule has 1 aromatic carbocycles. The average Bonchev–Trinajstić information content (AvgIpc) is 2.48. The molecule has 1 heterocycles. The Morgan fingerprint density at radius 2 is 1.85 bits per heavy atom. The third-order valence-electron chi connectivity index (χ3n) is 4.09. The summed E-state index contributed by atoms with van der Waals surface area (Å²) < 4.78 is 1.87. The Balaban J connectivity index is 2.27. The Labute approximate surface area is 119 Å². The van der Waals surface area contributed by atoms with Crippen molar-refractivity contribution in [3.63, 3.8) is 0 Å². The molecule has 2 aromatic rings. The third-order valence-corrected chi connectivity index (χ3v) is 4.09. The van der Waals surface area contributed by atoms with Crippen molar-refractivity contribution in [2.24, 2.45) is 5.73 Å². The first kappa shape index (κ1) is 13.1. The van der Waals surface area contributed by atoms with Crippen molar-refractivity contribution in [1.29, 1.82) is 0 Å². The van der Waals surface area contributed by atoms with Crippen LogP contribution in [0.5, 0.6) is 0 Å². The smallest absolute Gasteiger partial charge is 0.259 e. The van der Waals surface area contributed by atoms with Gasteiger partial charge in [-0.25, -0.2) is 0 Å². The molecule has 1 aliphatic rings. The maximum atomic E-state index is 12.6. The number of hydrogen-bond donors (Lipinski definition) is 1. The Bertz CT molecular complexity index is 683. The summed E-state index contributed by atoms with van der Waals surface area (Å²) in [6.07, 6.45) is 4.38. The van der Waals surface area contributed by atoms with Crippen molar-refractivity contribution in [3.05, 3.63) is 63.1 Å². The van der Waals surface area contributed by atoms with Crippen LogP contribution < -0.4 is 11.3 Å². The van der Waals surface area contributed by atoms with Crippen molar-refractivity contribution in [1.82, 2.24) is 4.57 Å². The van der Waals surface area contributed by atoms with Crippen LogP contribution in [0.4, 0.5) is 0 Å². The Kier molecular flexibility index (Phi) is 3.45. The number of benzene rings is 1. The lowest BCUT2D eigenvalue weighted by Gasteiger charge is -2.22. The number of pyridine rings is 1. The van der Waals surface area contributed by atoms with Crippen LogP contribution in [0.1, 0.15) is 35.2 Å². The van der Waals surface area contributed by atoms with Crippen LogP contribution in [0.15, 0.2) is 35.1 Å². The largest absolute Gasteiger partial charge is 0.326 e. The summed E-state index contributed by atoms with van der Waals surface area (Å²) in [6.45, 7) is 2.36. The number of fused-ring (bicyclic) bond motifs is 1. The zero-order chi connectivity index (χ0) is 14.1. The summed E-state index contributed by atoms with van der Waals surface area (Å²) in [5.41, 5.74) is 11.1. The van der Waals surface area contributed by atoms with Gasteiger partial charge in [0, 0.05) is 23.5 Å². The third kappa shape index (κ3) is 2.18. The van der Waals surface area contributed by atoms with Gasteiger partial charge in [-0.3, -0.25) is 9.36 Å². The molecule has 104 valence electrons. The van der Waals surface area contributed by atoms with Gasteiger partial charge in [0.15, 0.2) is 0 Å². The maximum Gasteiger partial charge on any atom is 0.259 e. The van der Waals surface area contributed by atoms with E-state index in [0.717, 1.165) is 24.9 Å². The maximum absolute atomic E-state index is 12.6. The summed E-state index contributed by atoms with van der Waals surface area (Å²) in [6, 6.07) is 10.2. The van der Waals surface area contributed by atoms with Gasteiger partial charge in [-0.1, -0.05) is 17.7 Å². The second kappa shape index (κ2) is 5.25. The highest BCUT2D eigenvalue weighted by Gasteiger charge is 2.18. The number of rotatable bonds is 2. The SMILES string of the molecule is Cc1ccc(-n2c3c(cc(CN)c2=O)CCCC3)cc1. The molecule has 0 amide bonds. The topological polar surface area (TPSA) is 48.0 Å². The minimum Gasteiger partial charge on any atom is -0.326 e. The molecule has 0 atom stereocenters. The number of hydrogen-bond acceptors (Lipinski definition) is 2. The first-order valence-electron chi connectivity index (χ1n) is 7.24. The van der Waals surface area contributed by atoms with Crippen LogP contribution in [-0.2, 0) is 19.4 Å². The van der Waals surface area contributed by atoms with E-state index < -0.39 is 0 Å². The minimum absolute atomic E-state index is 0.0389. The predicted octanol–water partition coefficient (Wildman–Crippen LogP) is 2.48. The van der Waals surface area contributed by atoms with E-state index in [1.165, 1.54) is 23.2 Å². The van der Waals surface area contributed by atoms with E-state index in [1.54, 1.807) is 0 Å². The quantitative estimate of drug-likeness (QED) is 0.909. The highest BCUT2D eigenvalue weighted by Crippen LogP contribution is 2.23. The molecule has 0 saturated heterocycles. The molecular weight excluding hydrogens is 248 g/mol. The Morgan fingerprint density at radius 1 is 1.15 bits per heavy atom. The van der Waals surface area contributed by atoms with Crippen molar-refractivity contribution >= 4 is 0 Å². The molecular formula is C17H20N2O. The molecule has 1 aliphatic carbocycles. The molecule has 20 heavy (non-hydrogen) atoms. The van der Waals surface area contributed by atoms with Crippen LogP contribution in [0.25, 0.3) is 5.69 Å². The molecule has 0 bridgehead atoms.